The SMILES string of the molecule is CSC(C)C(=O)NC1C(C)CCNC1C.Cl. The molecule has 1 saturated heterocycles. The van der Waals surface area contributed by atoms with Crippen LogP contribution in [0.4, 0.5) is 0 Å². The minimum Gasteiger partial charge on any atom is -0.351 e. The van der Waals surface area contributed by atoms with E-state index in [0.29, 0.717) is 12.0 Å². The molecule has 1 rings (SSSR count). The van der Waals surface area contributed by atoms with E-state index in [1.54, 1.807) is 11.8 Å². The van der Waals surface area contributed by atoms with E-state index in [4.69, 9.17) is 0 Å². The van der Waals surface area contributed by atoms with Gasteiger partial charge in [0.15, 0.2) is 0 Å². The Hall–Kier alpha value is 0.0700. The van der Waals surface area contributed by atoms with Gasteiger partial charge in [0.1, 0.15) is 0 Å². The Morgan fingerprint density at radius 1 is 1.50 bits per heavy atom. The maximum absolute atomic E-state index is 11.8. The summed E-state index contributed by atoms with van der Waals surface area (Å²) in [5, 5.41) is 6.60. The van der Waals surface area contributed by atoms with Gasteiger partial charge in [-0.25, -0.2) is 0 Å². The second kappa shape index (κ2) is 7.41. The number of amides is 1. The molecule has 0 spiro atoms. The fourth-order valence-corrected chi connectivity index (χ4v) is 2.28. The first kappa shape index (κ1) is 16.1. The lowest BCUT2D eigenvalue weighted by Crippen LogP contribution is -2.57. The third-order valence-corrected chi connectivity index (χ3v) is 4.17. The Kier molecular flexibility index (Phi) is 7.44. The molecule has 3 nitrogen and oxygen atoms in total. The van der Waals surface area contributed by atoms with E-state index in [2.05, 4.69) is 24.5 Å². The second-order valence-electron chi connectivity index (χ2n) is 4.42. The highest BCUT2D eigenvalue weighted by molar-refractivity contribution is 7.99. The largest absolute Gasteiger partial charge is 0.351 e. The monoisotopic (exact) mass is 266 g/mol. The van der Waals surface area contributed by atoms with Crippen molar-refractivity contribution < 1.29 is 4.79 Å². The van der Waals surface area contributed by atoms with E-state index >= 15 is 0 Å². The topological polar surface area (TPSA) is 41.1 Å². The number of carbonyl (C=O) groups excluding carboxylic acids is 1. The van der Waals surface area contributed by atoms with E-state index in [1.165, 1.54) is 0 Å². The molecule has 0 aromatic heterocycles. The zero-order valence-corrected chi connectivity index (χ0v) is 12.1. The molecule has 1 fully saturated rings. The van der Waals surface area contributed by atoms with Gasteiger partial charge < -0.3 is 10.6 Å². The molecule has 0 aromatic rings. The van der Waals surface area contributed by atoms with Gasteiger partial charge in [-0.2, -0.15) is 11.8 Å². The van der Waals surface area contributed by atoms with E-state index in [9.17, 15) is 4.79 Å². The van der Waals surface area contributed by atoms with Crippen LogP contribution in [0.1, 0.15) is 27.2 Å². The average Bonchev–Trinajstić information content (AvgIpc) is 2.22. The van der Waals surface area contributed by atoms with Gasteiger partial charge >= 0.3 is 0 Å². The first-order valence-corrected chi connectivity index (χ1v) is 6.91. The zero-order chi connectivity index (χ0) is 11.4. The quantitative estimate of drug-likeness (QED) is 0.817. The summed E-state index contributed by atoms with van der Waals surface area (Å²) in [4.78, 5) is 11.8. The number of rotatable bonds is 3. The van der Waals surface area contributed by atoms with Gasteiger partial charge in [-0.05, 0) is 39.0 Å². The predicted molar refractivity (Wildman–Crippen MR) is 73.4 cm³/mol. The number of hydrogen-bond donors (Lipinski definition) is 2. The van der Waals surface area contributed by atoms with Crippen molar-refractivity contribution in [2.45, 2.75) is 44.5 Å². The molecule has 5 heteroatoms. The smallest absolute Gasteiger partial charge is 0.233 e. The van der Waals surface area contributed by atoms with Gasteiger partial charge in [-0.15, -0.1) is 12.4 Å². The number of piperidine rings is 1. The fourth-order valence-electron chi connectivity index (χ4n) is 1.99. The van der Waals surface area contributed by atoms with Gasteiger partial charge in [-0.1, -0.05) is 6.92 Å². The number of nitrogens with one attached hydrogen (secondary N) is 2. The van der Waals surface area contributed by atoms with Crippen molar-refractivity contribution in [2.75, 3.05) is 12.8 Å². The molecule has 1 aliphatic heterocycles. The Labute approximate surface area is 109 Å². The van der Waals surface area contributed by atoms with Gasteiger partial charge in [0.25, 0.3) is 0 Å². The molecule has 0 radical (unpaired) electrons. The molecule has 16 heavy (non-hydrogen) atoms. The van der Waals surface area contributed by atoms with Crippen molar-refractivity contribution in [1.29, 1.82) is 0 Å². The van der Waals surface area contributed by atoms with Crippen LogP contribution in [0.15, 0.2) is 0 Å². The molecule has 0 bridgehead atoms. The van der Waals surface area contributed by atoms with Crippen LogP contribution in [0.5, 0.6) is 0 Å². The Bertz CT molecular complexity index is 218. The second-order valence-corrected chi connectivity index (χ2v) is 5.60. The van der Waals surface area contributed by atoms with E-state index < -0.39 is 0 Å². The van der Waals surface area contributed by atoms with Crippen molar-refractivity contribution in [3.63, 3.8) is 0 Å². The maximum Gasteiger partial charge on any atom is 0.233 e. The van der Waals surface area contributed by atoms with Crippen molar-refractivity contribution in [1.82, 2.24) is 10.6 Å². The lowest BCUT2D eigenvalue weighted by molar-refractivity contribution is -0.121. The first-order valence-electron chi connectivity index (χ1n) is 5.62. The summed E-state index contributed by atoms with van der Waals surface area (Å²) >= 11 is 1.59. The molecule has 4 atom stereocenters. The number of hydrogen-bond acceptors (Lipinski definition) is 3. The highest BCUT2D eigenvalue weighted by atomic mass is 35.5. The van der Waals surface area contributed by atoms with Crippen LogP contribution in [0, 0.1) is 5.92 Å². The van der Waals surface area contributed by atoms with Crippen LogP contribution < -0.4 is 10.6 Å². The van der Waals surface area contributed by atoms with Crippen molar-refractivity contribution in [3.05, 3.63) is 0 Å². The van der Waals surface area contributed by atoms with Crippen LogP contribution in [0.3, 0.4) is 0 Å². The Morgan fingerprint density at radius 2 is 2.12 bits per heavy atom. The summed E-state index contributed by atoms with van der Waals surface area (Å²) in [5.41, 5.74) is 0. The van der Waals surface area contributed by atoms with Gasteiger partial charge in [-0.3, -0.25) is 4.79 Å². The highest BCUT2D eigenvalue weighted by Crippen LogP contribution is 2.17. The van der Waals surface area contributed by atoms with Crippen LogP contribution >= 0.6 is 24.2 Å². The molecule has 96 valence electrons. The molecular weight excluding hydrogens is 244 g/mol. The van der Waals surface area contributed by atoms with E-state index in [-0.39, 0.29) is 29.6 Å². The molecule has 0 aromatic carbocycles. The summed E-state index contributed by atoms with van der Waals surface area (Å²) in [6.07, 6.45) is 3.11. The molecular formula is C11H23ClN2OS. The Balaban J connectivity index is 0.00000225. The normalized spacial score (nSPS) is 31.4. The summed E-state index contributed by atoms with van der Waals surface area (Å²) in [6.45, 7) is 7.37. The minimum absolute atomic E-state index is 0. The lowest BCUT2D eigenvalue weighted by Gasteiger charge is -2.36. The van der Waals surface area contributed by atoms with Crippen LogP contribution in [0.2, 0.25) is 0 Å². The molecule has 4 unspecified atom stereocenters. The predicted octanol–water partition coefficient (Wildman–Crippen LogP) is 1.66. The third-order valence-electron chi connectivity index (χ3n) is 3.25. The number of thioether (sulfide) groups is 1. The molecule has 1 amide bonds. The zero-order valence-electron chi connectivity index (χ0n) is 10.4. The third kappa shape index (κ3) is 4.15. The lowest BCUT2D eigenvalue weighted by atomic mass is 9.89. The van der Waals surface area contributed by atoms with Gasteiger partial charge in [0, 0.05) is 12.1 Å². The average molecular weight is 267 g/mol. The summed E-state index contributed by atoms with van der Waals surface area (Å²) in [6, 6.07) is 0.660. The number of halogens is 1. The molecule has 1 aliphatic rings. The van der Waals surface area contributed by atoms with Crippen LogP contribution in [-0.4, -0.2) is 36.0 Å². The molecule has 2 N–H and O–H groups in total. The fraction of sp³-hybridized carbons (Fsp3) is 0.909. The Morgan fingerprint density at radius 3 is 2.62 bits per heavy atom. The standard InChI is InChI=1S/C11H22N2OS.ClH/c1-7-5-6-12-8(2)10(7)13-11(14)9(3)15-4;/h7-10,12H,5-6H2,1-4H3,(H,13,14);1H. The van der Waals surface area contributed by atoms with E-state index in [0.717, 1.165) is 13.0 Å². The van der Waals surface area contributed by atoms with Gasteiger partial charge in [0.05, 0.1) is 5.25 Å². The summed E-state index contributed by atoms with van der Waals surface area (Å²) < 4.78 is 0. The van der Waals surface area contributed by atoms with Crippen LogP contribution in [0.25, 0.3) is 0 Å². The molecule has 0 aliphatic carbocycles. The van der Waals surface area contributed by atoms with Crippen molar-refractivity contribution in [2.24, 2.45) is 5.92 Å². The summed E-state index contributed by atoms with van der Waals surface area (Å²) in [7, 11) is 0. The van der Waals surface area contributed by atoms with Crippen molar-refractivity contribution >= 4 is 30.1 Å². The first-order chi connectivity index (χ1) is 7.06. The number of carbonyl (C=O) groups is 1. The van der Waals surface area contributed by atoms with Crippen molar-refractivity contribution in [3.8, 4) is 0 Å². The van der Waals surface area contributed by atoms with E-state index in [1.807, 2.05) is 13.2 Å². The summed E-state index contributed by atoms with van der Waals surface area (Å²) in [5.74, 6) is 0.731. The molecule has 1 heterocycles. The molecule has 0 saturated carbocycles. The highest BCUT2D eigenvalue weighted by Gasteiger charge is 2.29. The maximum atomic E-state index is 11.8. The van der Waals surface area contributed by atoms with Crippen LogP contribution in [-0.2, 0) is 4.79 Å². The van der Waals surface area contributed by atoms with Gasteiger partial charge in [0.2, 0.25) is 5.91 Å². The minimum atomic E-state index is 0.